The number of ether oxygens (including phenoxy) is 2. The molecular weight excluding hydrogens is 781 g/mol. The smallest absolute Gasteiger partial charge is 0.306 e. The summed E-state index contributed by atoms with van der Waals surface area (Å²) in [6, 6.07) is 0. The maximum Gasteiger partial charge on any atom is 0.306 e. The number of nitrogens with zero attached hydrogens (tertiary/aromatic N) is 1. The predicted octanol–water partition coefficient (Wildman–Crippen LogP) is 10.5. The molecule has 0 radical (unpaired) electrons. The van der Waals surface area contributed by atoms with Crippen molar-refractivity contribution in [1.82, 2.24) is 0 Å². The molecule has 0 bridgehead atoms. The van der Waals surface area contributed by atoms with Crippen LogP contribution >= 0.6 is 7.82 Å². The molecule has 0 aromatic carbocycles. The Kier molecular flexibility index (Phi) is 30.7. The number of likely N-dealkylation sites (N-methyl/N-ethyl adjacent to an activating group) is 1. The average Bonchev–Trinajstić information content (AvgIpc) is 3.46. The largest absolute Gasteiger partial charge is 0.756 e. The topological polar surface area (TPSA) is 145 Å². The second kappa shape index (κ2) is 33.6. The second-order valence-electron chi connectivity index (χ2n) is 16.5. The SMILES string of the molecule is CCCCCc1oc(CCCCCCCCC(=O)OC[C@H](COP(=O)([O-])OCC[N+](C)(C)C)OC(=O)CCC/C=C\C/C=C\C/C=C\C/C=C\C=C\[C@H](O)CC)c(C)c1C. The van der Waals surface area contributed by atoms with Gasteiger partial charge in [-0.25, -0.2) is 0 Å². The lowest BCUT2D eigenvalue weighted by molar-refractivity contribution is -0.870. The zero-order valence-corrected chi connectivity index (χ0v) is 39.1. The summed E-state index contributed by atoms with van der Waals surface area (Å²) in [4.78, 5) is 37.7. The highest BCUT2D eigenvalue weighted by Gasteiger charge is 2.22. The molecule has 3 atom stereocenters. The van der Waals surface area contributed by atoms with Crippen LogP contribution in [-0.2, 0) is 45.5 Å². The molecule has 11 nitrogen and oxygen atoms in total. The molecule has 342 valence electrons. The molecule has 1 N–H and O–H groups in total. The Bertz CT molecular complexity index is 1500. The number of phosphoric ester groups is 1. The first-order valence-electron chi connectivity index (χ1n) is 22.5. The van der Waals surface area contributed by atoms with E-state index in [0.29, 0.717) is 36.7 Å². The van der Waals surface area contributed by atoms with Crippen LogP contribution in [0.15, 0.2) is 65.2 Å². The minimum absolute atomic E-state index is 0.0592. The molecular formula is C48H80NO10P. The molecule has 0 spiro atoms. The molecule has 0 aliphatic heterocycles. The first-order chi connectivity index (χ1) is 28.7. The molecule has 1 heterocycles. The van der Waals surface area contributed by atoms with E-state index in [1.54, 1.807) is 6.08 Å². The highest BCUT2D eigenvalue weighted by molar-refractivity contribution is 7.45. The van der Waals surface area contributed by atoms with Gasteiger partial charge in [0, 0.05) is 25.7 Å². The van der Waals surface area contributed by atoms with E-state index in [0.717, 1.165) is 75.7 Å². The standard InChI is InChI=1S/C48H80NO10P/c1-8-10-27-33-45-41(3)42(4)46(59-45)34-29-24-21-22-25-30-35-47(51)55-39-44(40-57-60(53,54)56-38-37-49(5,6)7)58-48(52)36-31-26-20-18-16-14-12-11-13-15-17-19-23-28-32-43(50)9-2/h12-15,18-20,23,28,32,43-44,50H,8-11,16-17,21-22,24-27,29-31,33-40H2,1-7H3/b14-12-,15-13-,20-18-,23-19-,32-28+/t43-,44-/m1/s1. The normalized spacial score (nSPS) is 14.6. The van der Waals surface area contributed by atoms with Gasteiger partial charge in [-0.1, -0.05) is 113 Å². The van der Waals surface area contributed by atoms with Gasteiger partial charge in [0.1, 0.15) is 31.3 Å². The number of phosphoric acid groups is 1. The molecule has 0 fully saturated rings. The maximum absolute atomic E-state index is 12.7. The van der Waals surface area contributed by atoms with E-state index in [9.17, 15) is 24.2 Å². The van der Waals surface area contributed by atoms with Gasteiger partial charge in [0.2, 0.25) is 0 Å². The summed E-state index contributed by atoms with van der Waals surface area (Å²) in [5.41, 5.74) is 2.59. The zero-order valence-electron chi connectivity index (χ0n) is 38.2. The van der Waals surface area contributed by atoms with E-state index in [2.05, 4.69) is 45.1 Å². The number of aliphatic hydroxyl groups is 1. The lowest BCUT2D eigenvalue weighted by atomic mass is 10.0. The summed E-state index contributed by atoms with van der Waals surface area (Å²) >= 11 is 0. The van der Waals surface area contributed by atoms with Crippen molar-refractivity contribution in [3.8, 4) is 0 Å². The van der Waals surface area contributed by atoms with E-state index in [1.807, 2.05) is 58.4 Å². The fourth-order valence-corrected chi connectivity index (χ4v) is 6.67. The molecule has 0 aliphatic rings. The molecule has 0 amide bonds. The molecule has 0 aliphatic carbocycles. The minimum Gasteiger partial charge on any atom is -0.756 e. The van der Waals surface area contributed by atoms with Crippen LogP contribution in [-0.4, -0.2) is 81.2 Å². The van der Waals surface area contributed by atoms with Crippen molar-refractivity contribution in [2.24, 2.45) is 0 Å². The monoisotopic (exact) mass is 862 g/mol. The van der Waals surface area contributed by atoms with Gasteiger partial charge in [0.15, 0.2) is 6.10 Å². The highest BCUT2D eigenvalue weighted by Crippen LogP contribution is 2.38. The summed E-state index contributed by atoms with van der Waals surface area (Å²) in [6.45, 7) is 8.04. The summed E-state index contributed by atoms with van der Waals surface area (Å²) in [7, 11) is 1.07. The molecule has 0 saturated heterocycles. The van der Waals surface area contributed by atoms with Gasteiger partial charge in [-0.15, -0.1) is 0 Å². The van der Waals surface area contributed by atoms with Gasteiger partial charge in [0.05, 0.1) is 33.9 Å². The molecule has 1 rings (SSSR count). The van der Waals surface area contributed by atoms with Crippen LogP contribution in [0.3, 0.4) is 0 Å². The average molecular weight is 862 g/mol. The van der Waals surface area contributed by atoms with Crippen molar-refractivity contribution < 1.29 is 51.6 Å². The molecule has 0 saturated carbocycles. The second-order valence-corrected chi connectivity index (χ2v) is 17.9. The van der Waals surface area contributed by atoms with Crippen LogP contribution in [0.2, 0.25) is 0 Å². The Morgan fingerprint density at radius 1 is 0.733 bits per heavy atom. The van der Waals surface area contributed by atoms with Gasteiger partial charge < -0.3 is 37.4 Å². The number of rotatable bonds is 36. The van der Waals surface area contributed by atoms with Crippen LogP contribution in [0, 0.1) is 13.8 Å². The van der Waals surface area contributed by atoms with E-state index in [4.69, 9.17) is 22.9 Å². The lowest BCUT2D eigenvalue weighted by Gasteiger charge is -2.28. The summed E-state index contributed by atoms with van der Waals surface area (Å²) in [5.74, 6) is 1.30. The Morgan fingerprint density at radius 3 is 1.92 bits per heavy atom. The van der Waals surface area contributed by atoms with Crippen LogP contribution < -0.4 is 4.89 Å². The third kappa shape index (κ3) is 30.1. The van der Waals surface area contributed by atoms with Gasteiger partial charge >= 0.3 is 11.9 Å². The predicted molar refractivity (Wildman–Crippen MR) is 240 cm³/mol. The van der Waals surface area contributed by atoms with E-state index >= 15 is 0 Å². The number of aryl methyl sites for hydroxylation is 2. The fourth-order valence-electron chi connectivity index (χ4n) is 5.94. The minimum atomic E-state index is -4.67. The number of hydrogen-bond donors (Lipinski definition) is 1. The van der Waals surface area contributed by atoms with Gasteiger partial charge in [-0.05, 0) is 82.8 Å². The number of aliphatic hydroxyl groups excluding tert-OH is 1. The van der Waals surface area contributed by atoms with E-state index in [-0.39, 0.29) is 32.2 Å². The first-order valence-corrected chi connectivity index (χ1v) is 23.9. The zero-order chi connectivity index (χ0) is 44.5. The third-order valence-electron chi connectivity index (χ3n) is 9.91. The van der Waals surface area contributed by atoms with Crippen molar-refractivity contribution in [1.29, 1.82) is 0 Å². The molecule has 12 heteroatoms. The molecule has 1 aromatic rings. The number of quaternary nitrogens is 1. The fraction of sp³-hybridized carbons (Fsp3) is 0.667. The Balaban J connectivity index is 2.43. The van der Waals surface area contributed by atoms with Crippen molar-refractivity contribution >= 4 is 19.8 Å². The number of carbonyl (C=O) groups excluding carboxylic acids is 2. The molecule has 1 aromatic heterocycles. The molecule has 1 unspecified atom stereocenters. The van der Waals surface area contributed by atoms with Crippen molar-refractivity contribution in [3.05, 3.63) is 83.4 Å². The third-order valence-corrected chi connectivity index (χ3v) is 10.9. The Labute approximate surface area is 363 Å². The van der Waals surface area contributed by atoms with Crippen LogP contribution in [0.4, 0.5) is 0 Å². The Morgan fingerprint density at radius 2 is 1.30 bits per heavy atom. The van der Waals surface area contributed by atoms with Crippen molar-refractivity contribution in [2.75, 3.05) is 47.5 Å². The van der Waals surface area contributed by atoms with E-state index < -0.39 is 32.5 Å². The number of furan rings is 1. The first kappa shape index (κ1) is 55.0. The van der Waals surface area contributed by atoms with Crippen molar-refractivity contribution in [2.45, 2.75) is 162 Å². The Hall–Kier alpha value is -3.05. The molecule has 60 heavy (non-hydrogen) atoms. The number of esters is 2. The van der Waals surface area contributed by atoms with Gasteiger partial charge in [0.25, 0.3) is 7.82 Å². The van der Waals surface area contributed by atoms with Gasteiger partial charge in [-0.3, -0.25) is 14.2 Å². The quantitative estimate of drug-likeness (QED) is 0.0173. The number of unbranched alkanes of at least 4 members (excludes halogenated alkanes) is 8. The highest BCUT2D eigenvalue weighted by atomic mass is 31.2. The lowest BCUT2D eigenvalue weighted by Crippen LogP contribution is -2.37. The van der Waals surface area contributed by atoms with E-state index in [1.165, 1.54) is 30.4 Å². The summed E-state index contributed by atoms with van der Waals surface area (Å²) in [5, 5.41) is 9.49. The van der Waals surface area contributed by atoms with Crippen molar-refractivity contribution in [3.63, 3.8) is 0 Å². The van der Waals surface area contributed by atoms with Crippen LogP contribution in [0.5, 0.6) is 0 Å². The van der Waals surface area contributed by atoms with Gasteiger partial charge in [-0.2, -0.15) is 0 Å². The number of carbonyl (C=O) groups is 2. The maximum atomic E-state index is 12.7. The summed E-state index contributed by atoms with van der Waals surface area (Å²) in [6.07, 6.45) is 34.7. The number of allylic oxidation sites excluding steroid dienone is 9. The van der Waals surface area contributed by atoms with Crippen LogP contribution in [0.25, 0.3) is 0 Å². The summed E-state index contributed by atoms with van der Waals surface area (Å²) < 4.78 is 40.1. The van der Waals surface area contributed by atoms with Crippen LogP contribution in [0.1, 0.15) is 146 Å². The number of hydrogen-bond acceptors (Lipinski definition) is 10.